The van der Waals surface area contributed by atoms with E-state index >= 15 is 0 Å². The predicted octanol–water partition coefficient (Wildman–Crippen LogP) is 3.06. The standard InChI is InChI=1S/C17H16N2O3/c20-16(13-5-4-8-15(11-13)19(21)22)18-12-17(9-10-17)14-6-2-1-3-7-14/h1-8,11H,9-10,12H2,(H,18,20). The number of non-ortho nitro benzene ring substituents is 1. The fourth-order valence-electron chi connectivity index (χ4n) is 2.62. The van der Waals surface area contributed by atoms with Crippen LogP contribution in [-0.4, -0.2) is 17.4 Å². The van der Waals surface area contributed by atoms with Crippen LogP contribution in [0.2, 0.25) is 0 Å². The van der Waals surface area contributed by atoms with Crippen LogP contribution in [0.1, 0.15) is 28.8 Å². The average molecular weight is 296 g/mol. The highest BCUT2D eigenvalue weighted by atomic mass is 16.6. The lowest BCUT2D eigenvalue weighted by Gasteiger charge is -2.16. The quantitative estimate of drug-likeness (QED) is 0.681. The van der Waals surface area contributed by atoms with Gasteiger partial charge in [-0.3, -0.25) is 14.9 Å². The Morgan fingerprint density at radius 2 is 1.86 bits per heavy atom. The highest BCUT2D eigenvalue weighted by molar-refractivity contribution is 5.94. The van der Waals surface area contributed by atoms with Crippen molar-refractivity contribution in [2.75, 3.05) is 6.54 Å². The number of nitrogens with zero attached hydrogens (tertiary/aromatic N) is 1. The molecule has 2 aromatic carbocycles. The zero-order valence-corrected chi connectivity index (χ0v) is 12.0. The van der Waals surface area contributed by atoms with Crippen LogP contribution in [0.4, 0.5) is 5.69 Å². The lowest BCUT2D eigenvalue weighted by molar-refractivity contribution is -0.384. The summed E-state index contributed by atoms with van der Waals surface area (Å²) >= 11 is 0. The van der Waals surface area contributed by atoms with Gasteiger partial charge in [-0.25, -0.2) is 0 Å². The zero-order chi connectivity index (χ0) is 15.6. The highest BCUT2D eigenvalue weighted by Crippen LogP contribution is 2.47. The summed E-state index contributed by atoms with van der Waals surface area (Å²) < 4.78 is 0. The maximum atomic E-state index is 12.2. The van der Waals surface area contributed by atoms with Crippen LogP contribution in [-0.2, 0) is 5.41 Å². The van der Waals surface area contributed by atoms with Crippen LogP contribution in [0, 0.1) is 10.1 Å². The molecule has 0 radical (unpaired) electrons. The third-order valence-electron chi connectivity index (χ3n) is 4.15. The number of rotatable bonds is 5. The van der Waals surface area contributed by atoms with Gasteiger partial charge in [0.2, 0.25) is 0 Å². The summed E-state index contributed by atoms with van der Waals surface area (Å²) in [5.41, 5.74) is 1.50. The molecule has 1 aliphatic rings. The fraction of sp³-hybridized carbons (Fsp3) is 0.235. The van der Waals surface area contributed by atoms with Gasteiger partial charge in [-0.2, -0.15) is 0 Å². The van der Waals surface area contributed by atoms with Crippen LogP contribution in [0.5, 0.6) is 0 Å². The summed E-state index contributed by atoms with van der Waals surface area (Å²) in [5, 5.41) is 13.7. The predicted molar refractivity (Wildman–Crippen MR) is 82.8 cm³/mol. The van der Waals surface area contributed by atoms with Gasteiger partial charge in [0.1, 0.15) is 0 Å². The molecule has 112 valence electrons. The van der Waals surface area contributed by atoms with Crippen molar-refractivity contribution in [3.8, 4) is 0 Å². The second kappa shape index (κ2) is 5.60. The van der Waals surface area contributed by atoms with Crippen LogP contribution in [0.15, 0.2) is 54.6 Å². The minimum absolute atomic E-state index is 0.0254. The van der Waals surface area contributed by atoms with Gasteiger partial charge in [-0.1, -0.05) is 36.4 Å². The summed E-state index contributed by atoms with van der Waals surface area (Å²) in [4.78, 5) is 22.5. The molecule has 1 aliphatic carbocycles. The van der Waals surface area contributed by atoms with E-state index in [-0.39, 0.29) is 17.0 Å². The van der Waals surface area contributed by atoms with Crippen molar-refractivity contribution in [1.82, 2.24) is 5.32 Å². The Labute approximate surface area is 128 Å². The molecule has 0 aliphatic heterocycles. The van der Waals surface area contributed by atoms with Crippen molar-refractivity contribution >= 4 is 11.6 Å². The molecule has 1 fully saturated rings. The smallest absolute Gasteiger partial charge is 0.270 e. The van der Waals surface area contributed by atoms with E-state index in [1.165, 1.54) is 23.8 Å². The molecule has 0 heterocycles. The summed E-state index contributed by atoms with van der Waals surface area (Å²) in [5.74, 6) is -0.272. The molecule has 0 spiro atoms. The number of carbonyl (C=O) groups excluding carboxylic acids is 1. The van der Waals surface area contributed by atoms with Gasteiger partial charge in [0.25, 0.3) is 11.6 Å². The Balaban J connectivity index is 1.68. The lowest BCUT2D eigenvalue weighted by Crippen LogP contribution is -2.32. The van der Waals surface area contributed by atoms with E-state index in [2.05, 4.69) is 17.4 Å². The molecule has 0 saturated heterocycles. The number of carbonyl (C=O) groups is 1. The number of hydrogen-bond donors (Lipinski definition) is 1. The molecule has 1 N–H and O–H groups in total. The van der Waals surface area contributed by atoms with Gasteiger partial charge in [0.05, 0.1) is 4.92 Å². The van der Waals surface area contributed by atoms with Crippen LogP contribution < -0.4 is 5.32 Å². The second-order valence-corrected chi connectivity index (χ2v) is 5.64. The van der Waals surface area contributed by atoms with Crippen molar-refractivity contribution in [3.63, 3.8) is 0 Å². The minimum atomic E-state index is -0.497. The van der Waals surface area contributed by atoms with Crippen LogP contribution in [0.25, 0.3) is 0 Å². The molecule has 3 rings (SSSR count). The molecule has 1 saturated carbocycles. The zero-order valence-electron chi connectivity index (χ0n) is 12.0. The Morgan fingerprint density at radius 3 is 2.50 bits per heavy atom. The first-order valence-electron chi connectivity index (χ1n) is 7.19. The number of nitrogens with one attached hydrogen (secondary N) is 1. The number of nitro groups is 1. The molecule has 22 heavy (non-hydrogen) atoms. The van der Waals surface area contributed by atoms with E-state index < -0.39 is 4.92 Å². The molecule has 5 heteroatoms. The van der Waals surface area contributed by atoms with Crippen molar-refractivity contribution < 1.29 is 9.72 Å². The van der Waals surface area contributed by atoms with Crippen molar-refractivity contribution in [2.45, 2.75) is 18.3 Å². The number of amides is 1. The van der Waals surface area contributed by atoms with E-state index in [1.807, 2.05) is 18.2 Å². The Hall–Kier alpha value is -2.69. The van der Waals surface area contributed by atoms with Crippen molar-refractivity contribution in [2.24, 2.45) is 0 Å². The van der Waals surface area contributed by atoms with Gasteiger partial charge < -0.3 is 5.32 Å². The van der Waals surface area contributed by atoms with E-state index in [9.17, 15) is 14.9 Å². The first kappa shape index (κ1) is 14.3. The second-order valence-electron chi connectivity index (χ2n) is 5.64. The summed E-state index contributed by atoms with van der Waals surface area (Å²) in [6.07, 6.45) is 2.10. The molecule has 0 aromatic heterocycles. The molecular weight excluding hydrogens is 280 g/mol. The van der Waals surface area contributed by atoms with Crippen LogP contribution >= 0.6 is 0 Å². The van der Waals surface area contributed by atoms with Crippen LogP contribution in [0.3, 0.4) is 0 Å². The highest BCUT2D eigenvalue weighted by Gasteiger charge is 2.44. The van der Waals surface area contributed by atoms with Gasteiger partial charge in [0.15, 0.2) is 0 Å². The molecule has 1 amide bonds. The maximum absolute atomic E-state index is 12.2. The first-order chi connectivity index (χ1) is 10.6. The van der Waals surface area contributed by atoms with Gasteiger partial charge in [0, 0.05) is 29.7 Å². The fourth-order valence-corrected chi connectivity index (χ4v) is 2.62. The van der Waals surface area contributed by atoms with Gasteiger partial charge in [-0.05, 0) is 24.5 Å². The maximum Gasteiger partial charge on any atom is 0.270 e. The SMILES string of the molecule is O=C(NCC1(c2ccccc2)CC1)c1cccc([N+](=O)[O-])c1. The molecule has 0 atom stereocenters. The van der Waals surface area contributed by atoms with E-state index in [0.29, 0.717) is 12.1 Å². The summed E-state index contributed by atoms with van der Waals surface area (Å²) in [6.45, 7) is 0.554. The third-order valence-corrected chi connectivity index (χ3v) is 4.15. The average Bonchev–Trinajstić information content (AvgIpc) is 3.35. The molecular formula is C17H16N2O3. The van der Waals surface area contributed by atoms with E-state index in [0.717, 1.165) is 12.8 Å². The van der Waals surface area contributed by atoms with E-state index in [1.54, 1.807) is 6.07 Å². The summed E-state index contributed by atoms with van der Waals surface area (Å²) in [7, 11) is 0. The number of benzene rings is 2. The largest absolute Gasteiger partial charge is 0.351 e. The Bertz CT molecular complexity index is 709. The Morgan fingerprint density at radius 1 is 1.14 bits per heavy atom. The summed E-state index contributed by atoms with van der Waals surface area (Å²) in [6, 6.07) is 15.9. The first-order valence-corrected chi connectivity index (χ1v) is 7.19. The van der Waals surface area contributed by atoms with Gasteiger partial charge in [-0.15, -0.1) is 0 Å². The lowest BCUT2D eigenvalue weighted by atomic mass is 9.96. The van der Waals surface area contributed by atoms with Gasteiger partial charge >= 0.3 is 0 Å². The van der Waals surface area contributed by atoms with Crippen molar-refractivity contribution in [3.05, 3.63) is 75.8 Å². The van der Waals surface area contributed by atoms with Crippen molar-refractivity contribution in [1.29, 1.82) is 0 Å². The van der Waals surface area contributed by atoms with E-state index in [4.69, 9.17) is 0 Å². The molecule has 0 unspecified atom stereocenters. The minimum Gasteiger partial charge on any atom is -0.351 e. The third kappa shape index (κ3) is 2.83. The normalized spacial score (nSPS) is 15.1. The topological polar surface area (TPSA) is 72.2 Å². The molecule has 0 bridgehead atoms. The molecule has 5 nitrogen and oxygen atoms in total. The number of hydrogen-bond acceptors (Lipinski definition) is 3. The monoisotopic (exact) mass is 296 g/mol. The molecule has 2 aromatic rings. The Kier molecular flexibility index (Phi) is 3.63. The number of nitro benzene ring substituents is 1.